The number of carbonyl (C=O) groups excluding carboxylic acids is 1. The number of nitrogen functional groups attached to an aromatic ring is 1. The van der Waals surface area contributed by atoms with Crippen LogP contribution in [0.15, 0.2) is 36.4 Å². The molecule has 120 valence electrons. The van der Waals surface area contributed by atoms with E-state index in [0.29, 0.717) is 18.8 Å². The Labute approximate surface area is 134 Å². The molecule has 3 rings (SSSR count). The van der Waals surface area contributed by atoms with Crippen molar-refractivity contribution < 1.29 is 13.9 Å². The van der Waals surface area contributed by atoms with Crippen LogP contribution in [0.1, 0.15) is 23.6 Å². The summed E-state index contributed by atoms with van der Waals surface area (Å²) in [4.78, 5) is 13.7. The number of halogens is 1. The number of nitrogens with two attached hydrogens (primary N) is 1. The molecule has 0 radical (unpaired) electrons. The van der Waals surface area contributed by atoms with Gasteiger partial charge in [0.1, 0.15) is 5.82 Å². The summed E-state index contributed by atoms with van der Waals surface area (Å²) in [6.45, 7) is 3.52. The fraction of sp³-hybridized carbons (Fsp3) is 0.278. The molecule has 4 nitrogen and oxygen atoms in total. The Balaban J connectivity index is 1.75. The van der Waals surface area contributed by atoms with Crippen LogP contribution < -0.4 is 10.6 Å². The second-order valence-corrected chi connectivity index (χ2v) is 5.63. The van der Waals surface area contributed by atoms with E-state index in [-0.39, 0.29) is 18.2 Å². The maximum atomic E-state index is 13.3. The predicted molar refractivity (Wildman–Crippen MR) is 87.5 cm³/mol. The molecule has 1 aliphatic rings. The zero-order chi connectivity index (χ0) is 16.4. The van der Waals surface area contributed by atoms with Crippen LogP contribution in [0.5, 0.6) is 0 Å². The lowest BCUT2D eigenvalue weighted by Crippen LogP contribution is -2.15. The molecule has 0 fully saturated rings. The first kappa shape index (κ1) is 15.3. The monoisotopic (exact) mass is 314 g/mol. The van der Waals surface area contributed by atoms with Crippen molar-refractivity contribution in [3.05, 3.63) is 58.9 Å². The molecule has 0 saturated carbocycles. The summed E-state index contributed by atoms with van der Waals surface area (Å²) in [7, 11) is 0. The largest absolute Gasteiger partial charge is 0.466 e. The van der Waals surface area contributed by atoms with E-state index in [2.05, 4.69) is 4.90 Å². The zero-order valence-corrected chi connectivity index (χ0v) is 13.0. The van der Waals surface area contributed by atoms with Crippen LogP contribution in [0.2, 0.25) is 0 Å². The third-order valence-electron chi connectivity index (χ3n) is 4.03. The molecule has 2 N–H and O–H groups in total. The van der Waals surface area contributed by atoms with Crippen LogP contribution in [-0.2, 0) is 29.0 Å². The van der Waals surface area contributed by atoms with Gasteiger partial charge in [-0.25, -0.2) is 4.39 Å². The SMILES string of the molecule is CCOC(=O)Cc1ccc(N2Cc3ccc(F)cc3C2)cc1N. The smallest absolute Gasteiger partial charge is 0.310 e. The topological polar surface area (TPSA) is 55.6 Å². The number of fused-ring (bicyclic) bond motifs is 1. The van der Waals surface area contributed by atoms with Gasteiger partial charge in [-0.3, -0.25) is 4.79 Å². The van der Waals surface area contributed by atoms with Gasteiger partial charge in [-0.2, -0.15) is 0 Å². The number of benzene rings is 2. The highest BCUT2D eigenvalue weighted by atomic mass is 19.1. The maximum Gasteiger partial charge on any atom is 0.310 e. The lowest BCUT2D eigenvalue weighted by Gasteiger charge is -2.19. The van der Waals surface area contributed by atoms with Crippen LogP contribution in [0.3, 0.4) is 0 Å². The van der Waals surface area contributed by atoms with Gasteiger partial charge in [-0.1, -0.05) is 12.1 Å². The summed E-state index contributed by atoms with van der Waals surface area (Å²) >= 11 is 0. The van der Waals surface area contributed by atoms with E-state index < -0.39 is 0 Å². The molecule has 0 aromatic heterocycles. The summed E-state index contributed by atoms with van der Waals surface area (Å²) < 4.78 is 18.3. The van der Waals surface area contributed by atoms with Gasteiger partial charge >= 0.3 is 5.97 Å². The first-order valence-electron chi connectivity index (χ1n) is 7.63. The van der Waals surface area contributed by atoms with E-state index in [1.54, 1.807) is 13.0 Å². The minimum Gasteiger partial charge on any atom is -0.466 e. The van der Waals surface area contributed by atoms with E-state index in [4.69, 9.17) is 10.5 Å². The number of hydrogen-bond donors (Lipinski definition) is 1. The summed E-state index contributed by atoms with van der Waals surface area (Å²) in [5, 5.41) is 0. The molecule has 0 atom stereocenters. The van der Waals surface area contributed by atoms with Crippen molar-refractivity contribution in [1.29, 1.82) is 0 Å². The first-order valence-corrected chi connectivity index (χ1v) is 7.63. The Bertz CT molecular complexity index is 746. The van der Waals surface area contributed by atoms with Gasteiger partial charge in [0.25, 0.3) is 0 Å². The van der Waals surface area contributed by atoms with Gasteiger partial charge in [0.2, 0.25) is 0 Å². The number of nitrogens with zero attached hydrogens (tertiary/aromatic N) is 1. The number of anilines is 2. The van der Waals surface area contributed by atoms with Gasteiger partial charge in [0.05, 0.1) is 13.0 Å². The Morgan fingerprint density at radius 3 is 2.74 bits per heavy atom. The van der Waals surface area contributed by atoms with Crippen LogP contribution in [-0.4, -0.2) is 12.6 Å². The number of esters is 1. The highest BCUT2D eigenvalue weighted by Gasteiger charge is 2.20. The van der Waals surface area contributed by atoms with Crippen molar-refractivity contribution in [3.8, 4) is 0 Å². The summed E-state index contributed by atoms with van der Waals surface area (Å²) in [6.07, 6.45) is 0.172. The molecule has 1 heterocycles. The third-order valence-corrected chi connectivity index (χ3v) is 4.03. The molecule has 0 spiro atoms. The van der Waals surface area contributed by atoms with E-state index in [9.17, 15) is 9.18 Å². The lowest BCUT2D eigenvalue weighted by molar-refractivity contribution is -0.142. The molecule has 5 heteroatoms. The predicted octanol–water partition coefficient (Wildman–Crippen LogP) is 3.03. The van der Waals surface area contributed by atoms with Crippen LogP contribution in [0.25, 0.3) is 0 Å². The number of hydrogen-bond acceptors (Lipinski definition) is 4. The van der Waals surface area contributed by atoms with Gasteiger partial charge in [0.15, 0.2) is 0 Å². The van der Waals surface area contributed by atoms with Crippen LogP contribution in [0, 0.1) is 5.82 Å². The van der Waals surface area contributed by atoms with Gasteiger partial charge in [-0.05, 0) is 47.9 Å². The molecule has 2 aromatic rings. The minimum atomic E-state index is -0.281. The maximum absolute atomic E-state index is 13.3. The summed E-state index contributed by atoms with van der Waals surface area (Å²) in [6, 6.07) is 10.5. The van der Waals surface area contributed by atoms with E-state index in [1.807, 2.05) is 24.3 Å². The van der Waals surface area contributed by atoms with E-state index in [1.165, 1.54) is 6.07 Å². The van der Waals surface area contributed by atoms with E-state index >= 15 is 0 Å². The average Bonchev–Trinajstić information content (AvgIpc) is 2.92. The fourth-order valence-electron chi connectivity index (χ4n) is 2.85. The highest BCUT2D eigenvalue weighted by Crippen LogP contribution is 2.30. The number of ether oxygens (including phenoxy) is 1. The Morgan fingerprint density at radius 2 is 2.00 bits per heavy atom. The fourth-order valence-corrected chi connectivity index (χ4v) is 2.85. The normalized spacial score (nSPS) is 13.0. The molecule has 0 aliphatic carbocycles. The minimum absolute atomic E-state index is 0.172. The molecule has 23 heavy (non-hydrogen) atoms. The van der Waals surface area contributed by atoms with Crippen LogP contribution in [0.4, 0.5) is 15.8 Å². The highest BCUT2D eigenvalue weighted by molar-refractivity contribution is 5.76. The van der Waals surface area contributed by atoms with Gasteiger partial charge in [0, 0.05) is 24.5 Å². The summed E-state index contributed by atoms with van der Waals surface area (Å²) in [5.41, 5.74) is 10.5. The van der Waals surface area contributed by atoms with E-state index in [0.717, 1.165) is 28.9 Å². The van der Waals surface area contributed by atoms with Crippen molar-refractivity contribution in [3.63, 3.8) is 0 Å². The van der Waals surface area contributed by atoms with Crippen molar-refractivity contribution in [2.45, 2.75) is 26.4 Å². The average molecular weight is 314 g/mol. The molecular weight excluding hydrogens is 295 g/mol. The van der Waals surface area contributed by atoms with Crippen molar-refractivity contribution in [1.82, 2.24) is 0 Å². The second kappa shape index (κ2) is 6.28. The number of rotatable bonds is 4. The molecular formula is C18H19FN2O2. The van der Waals surface area contributed by atoms with Crippen molar-refractivity contribution >= 4 is 17.3 Å². The molecule has 2 aromatic carbocycles. The zero-order valence-electron chi connectivity index (χ0n) is 13.0. The standard InChI is InChI=1S/C18H19FN2O2/c1-2-23-18(22)8-12-4-6-16(9-17(12)20)21-10-13-3-5-15(19)7-14(13)11-21/h3-7,9H,2,8,10-11,20H2,1H3. The molecule has 0 bridgehead atoms. The molecule has 0 unspecified atom stereocenters. The van der Waals surface area contributed by atoms with Crippen molar-refractivity contribution in [2.75, 3.05) is 17.2 Å². The van der Waals surface area contributed by atoms with Gasteiger partial charge in [-0.15, -0.1) is 0 Å². The third kappa shape index (κ3) is 3.28. The molecule has 0 amide bonds. The van der Waals surface area contributed by atoms with Crippen LogP contribution >= 0.6 is 0 Å². The lowest BCUT2D eigenvalue weighted by atomic mass is 10.1. The first-order chi connectivity index (χ1) is 11.1. The molecule has 1 aliphatic heterocycles. The van der Waals surface area contributed by atoms with Gasteiger partial charge < -0.3 is 15.4 Å². The Hall–Kier alpha value is -2.56. The second-order valence-electron chi connectivity index (χ2n) is 5.63. The number of carbonyl (C=O) groups is 1. The Kier molecular flexibility index (Phi) is 4.19. The quantitative estimate of drug-likeness (QED) is 0.696. The van der Waals surface area contributed by atoms with Crippen molar-refractivity contribution in [2.24, 2.45) is 0 Å². The summed E-state index contributed by atoms with van der Waals surface area (Å²) in [5.74, 6) is -0.495. The molecule has 0 saturated heterocycles. The Morgan fingerprint density at radius 1 is 1.22 bits per heavy atom.